The van der Waals surface area contributed by atoms with Gasteiger partial charge in [0.05, 0.1) is 5.56 Å². The number of carbonyl (C=O) groups excluding carboxylic acids is 1. The molecule has 0 atom stereocenters. The lowest BCUT2D eigenvalue weighted by Crippen LogP contribution is -2.48. The number of amides is 1. The van der Waals surface area contributed by atoms with Crippen molar-refractivity contribution in [1.29, 1.82) is 0 Å². The Bertz CT molecular complexity index is 730. The van der Waals surface area contributed by atoms with E-state index in [4.69, 9.17) is 11.6 Å². The van der Waals surface area contributed by atoms with E-state index >= 15 is 0 Å². The average Bonchev–Trinajstić information content (AvgIpc) is 2.56. The molecular weight excluding hydrogens is 380 g/mol. The summed E-state index contributed by atoms with van der Waals surface area (Å²) in [7, 11) is 0. The van der Waals surface area contributed by atoms with Gasteiger partial charge >= 0.3 is 0 Å². The molecular formula is C17H16BrClN2O2. The summed E-state index contributed by atoms with van der Waals surface area (Å²) in [4.78, 5) is 16.5. The summed E-state index contributed by atoms with van der Waals surface area (Å²) in [5, 5.41) is 10.6. The molecule has 1 fully saturated rings. The smallest absolute Gasteiger partial charge is 0.257 e. The SMILES string of the molecule is O=C(c1cc(Br)ccc1O)N1CCN(c2cccc(Cl)c2)CC1. The molecule has 3 rings (SSSR count). The standard InChI is InChI=1S/C17H16BrClN2O2/c18-12-4-5-16(22)15(10-12)17(23)21-8-6-20(7-9-21)14-3-1-2-13(19)11-14/h1-5,10-11,22H,6-9H2. The summed E-state index contributed by atoms with van der Waals surface area (Å²) >= 11 is 9.36. The maximum atomic E-state index is 12.6. The number of aromatic hydroxyl groups is 1. The van der Waals surface area contributed by atoms with Gasteiger partial charge in [0.1, 0.15) is 5.75 Å². The average molecular weight is 396 g/mol. The molecule has 1 N–H and O–H groups in total. The summed E-state index contributed by atoms with van der Waals surface area (Å²) in [6, 6.07) is 12.6. The molecule has 0 radical (unpaired) electrons. The van der Waals surface area contributed by atoms with E-state index in [1.54, 1.807) is 17.0 Å². The number of nitrogens with zero attached hydrogens (tertiary/aromatic N) is 2. The molecule has 2 aromatic carbocycles. The van der Waals surface area contributed by atoms with Gasteiger partial charge in [-0.25, -0.2) is 0 Å². The zero-order valence-electron chi connectivity index (χ0n) is 12.4. The fraction of sp³-hybridized carbons (Fsp3) is 0.235. The van der Waals surface area contributed by atoms with Gasteiger partial charge in [-0.15, -0.1) is 0 Å². The fourth-order valence-corrected chi connectivity index (χ4v) is 3.24. The minimum atomic E-state index is -0.144. The Morgan fingerprint density at radius 2 is 1.83 bits per heavy atom. The number of halogens is 2. The zero-order valence-corrected chi connectivity index (χ0v) is 14.7. The van der Waals surface area contributed by atoms with E-state index in [-0.39, 0.29) is 11.7 Å². The highest BCUT2D eigenvalue weighted by atomic mass is 79.9. The zero-order chi connectivity index (χ0) is 16.4. The molecule has 0 aromatic heterocycles. The van der Waals surface area contributed by atoms with Crippen LogP contribution in [-0.2, 0) is 0 Å². The third-order valence-electron chi connectivity index (χ3n) is 3.93. The molecule has 0 saturated carbocycles. The van der Waals surface area contributed by atoms with Crippen molar-refractivity contribution in [1.82, 2.24) is 4.90 Å². The molecule has 6 heteroatoms. The Balaban J connectivity index is 1.69. The van der Waals surface area contributed by atoms with Crippen LogP contribution in [0.5, 0.6) is 5.75 Å². The fourth-order valence-electron chi connectivity index (χ4n) is 2.69. The van der Waals surface area contributed by atoms with Crippen molar-refractivity contribution >= 4 is 39.1 Å². The van der Waals surface area contributed by atoms with Crippen LogP contribution in [0.4, 0.5) is 5.69 Å². The molecule has 1 amide bonds. The highest BCUT2D eigenvalue weighted by molar-refractivity contribution is 9.10. The summed E-state index contributed by atoms with van der Waals surface area (Å²) in [5.41, 5.74) is 1.39. The number of anilines is 1. The van der Waals surface area contributed by atoms with Gasteiger partial charge in [0.2, 0.25) is 0 Å². The molecule has 0 aliphatic carbocycles. The van der Waals surface area contributed by atoms with Crippen LogP contribution in [0.1, 0.15) is 10.4 Å². The van der Waals surface area contributed by atoms with E-state index < -0.39 is 0 Å². The van der Waals surface area contributed by atoms with E-state index in [9.17, 15) is 9.90 Å². The van der Waals surface area contributed by atoms with Crippen molar-refractivity contribution in [2.45, 2.75) is 0 Å². The lowest BCUT2D eigenvalue weighted by atomic mass is 10.1. The number of phenolic OH excluding ortho intramolecular Hbond substituents is 1. The molecule has 1 heterocycles. The molecule has 0 spiro atoms. The molecule has 120 valence electrons. The van der Waals surface area contributed by atoms with Crippen molar-refractivity contribution in [3.05, 3.63) is 57.5 Å². The van der Waals surface area contributed by atoms with Crippen LogP contribution in [0.2, 0.25) is 5.02 Å². The van der Waals surface area contributed by atoms with Crippen LogP contribution in [0.25, 0.3) is 0 Å². The molecule has 0 unspecified atom stereocenters. The minimum absolute atomic E-state index is 0.00970. The Labute approximate surface area is 148 Å². The van der Waals surface area contributed by atoms with E-state index in [2.05, 4.69) is 20.8 Å². The highest BCUT2D eigenvalue weighted by Gasteiger charge is 2.24. The third-order valence-corrected chi connectivity index (χ3v) is 4.66. The van der Waals surface area contributed by atoms with Crippen LogP contribution < -0.4 is 4.90 Å². The van der Waals surface area contributed by atoms with E-state index in [0.29, 0.717) is 23.7 Å². The second-order valence-corrected chi connectivity index (χ2v) is 6.77. The van der Waals surface area contributed by atoms with Crippen molar-refractivity contribution in [2.24, 2.45) is 0 Å². The predicted octanol–water partition coefficient (Wildman–Crippen LogP) is 3.77. The Morgan fingerprint density at radius 1 is 1.09 bits per heavy atom. The number of benzene rings is 2. The largest absolute Gasteiger partial charge is 0.507 e. The quantitative estimate of drug-likeness (QED) is 0.842. The van der Waals surface area contributed by atoms with E-state index in [1.807, 2.05) is 24.3 Å². The highest BCUT2D eigenvalue weighted by Crippen LogP contribution is 2.25. The van der Waals surface area contributed by atoms with Gasteiger partial charge in [-0.05, 0) is 36.4 Å². The number of hydrogen-bond acceptors (Lipinski definition) is 3. The van der Waals surface area contributed by atoms with Crippen molar-refractivity contribution in [2.75, 3.05) is 31.1 Å². The first-order valence-electron chi connectivity index (χ1n) is 7.33. The van der Waals surface area contributed by atoms with E-state index in [1.165, 1.54) is 6.07 Å². The lowest BCUT2D eigenvalue weighted by molar-refractivity contribution is 0.0743. The van der Waals surface area contributed by atoms with Crippen LogP contribution in [0.15, 0.2) is 46.9 Å². The summed E-state index contributed by atoms with van der Waals surface area (Å²) in [6.45, 7) is 2.69. The van der Waals surface area contributed by atoms with Crippen LogP contribution in [0, 0.1) is 0 Å². The van der Waals surface area contributed by atoms with Gasteiger partial charge in [-0.2, -0.15) is 0 Å². The normalized spacial score (nSPS) is 14.9. The second kappa shape index (κ2) is 6.81. The Hall–Kier alpha value is -1.72. The molecule has 1 aliphatic rings. The van der Waals surface area contributed by atoms with Crippen LogP contribution >= 0.6 is 27.5 Å². The third kappa shape index (κ3) is 3.62. The van der Waals surface area contributed by atoms with Gasteiger partial charge in [0.25, 0.3) is 5.91 Å². The number of phenols is 1. The van der Waals surface area contributed by atoms with Gasteiger partial charge < -0.3 is 14.9 Å². The van der Waals surface area contributed by atoms with E-state index in [0.717, 1.165) is 23.2 Å². The van der Waals surface area contributed by atoms with Crippen molar-refractivity contribution < 1.29 is 9.90 Å². The summed E-state index contributed by atoms with van der Waals surface area (Å²) in [6.07, 6.45) is 0. The topological polar surface area (TPSA) is 43.8 Å². The summed E-state index contributed by atoms with van der Waals surface area (Å²) in [5.74, 6) is -0.134. The minimum Gasteiger partial charge on any atom is -0.507 e. The number of piperazine rings is 1. The molecule has 1 aliphatic heterocycles. The lowest BCUT2D eigenvalue weighted by Gasteiger charge is -2.36. The summed E-state index contributed by atoms with van der Waals surface area (Å²) < 4.78 is 0.774. The molecule has 4 nitrogen and oxygen atoms in total. The number of hydrogen-bond donors (Lipinski definition) is 1. The molecule has 2 aromatic rings. The first-order chi connectivity index (χ1) is 11.0. The number of carbonyl (C=O) groups is 1. The Kier molecular flexibility index (Phi) is 4.78. The Morgan fingerprint density at radius 3 is 2.52 bits per heavy atom. The molecule has 1 saturated heterocycles. The second-order valence-electron chi connectivity index (χ2n) is 5.42. The maximum absolute atomic E-state index is 12.6. The van der Waals surface area contributed by atoms with Crippen LogP contribution in [0.3, 0.4) is 0 Å². The van der Waals surface area contributed by atoms with Gasteiger partial charge in [0, 0.05) is 41.4 Å². The van der Waals surface area contributed by atoms with Crippen molar-refractivity contribution in [3.63, 3.8) is 0 Å². The predicted molar refractivity (Wildman–Crippen MR) is 95.4 cm³/mol. The first kappa shape index (κ1) is 16.1. The molecule has 23 heavy (non-hydrogen) atoms. The van der Waals surface area contributed by atoms with Gasteiger partial charge in [-0.3, -0.25) is 4.79 Å². The van der Waals surface area contributed by atoms with Gasteiger partial charge in [0.15, 0.2) is 0 Å². The first-order valence-corrected chi connectivity index (χ1v) is 8.50. The van der Waals surface area contributed by atoms with Crippen LogP contribution in [-0.4, -0.2) is 42.1 Å². The number of rotatable bonds is 2. The van der Waals surface area contributed by atoms with Gasteiger partial charge in [-0.1, -0.05) is 33.6 Å². The monoisotopic (exact) mass is 394 g/mol. The maximum Gasteiger partial charge on any atom is 0.257 e. The van der Waals surface area contributed by atoms with Crippen molar-refractivity contribution in [3.8, 4) is 5.75 Å². The molecule has 0 bridgehead atoms.